The predicted octanol–water partition coefficient (Wildman–Crippen LogP) is 2.68. The lowest BCUT2D eigenvalue weighted by Gasteiger charge is -2.04. The van der Waals surface area contributed by atoms with Gasteiger partial charge in [0.2, 0.25) is 6.17 Å². The molecule has 0 saturated carbocycles. The van der Waals surface area contributed by atoms with E-state index in [0.29, 0.717) is 4.47 Å². The number of hydrogen-bond donors (Lipinski definition) is 1. The third-order valence-corrected chi connectivity index (χ3v) is 1.94. The van der Waals surface area contributed by atoms with Crippen molar-refractivity contribution in [1.82, 2.24) is 0 Å². The molecule has 0 heterocycles. The van der Waals surface area contributed by atoms with Crippen molar-refractivity contribution in [2.75, 3.05) is 0 Å². The molecule has 0 aliphatic carbocycles. The fourth-order valence-corrected chi connectivity index (χ4v) is 1.22. The average molecular weight is 251 g/mol. The Morgan fingerprint density at radius 3 is 2.69 bits per heavy atom. The lowest BCUT2D eigenvalue weighted by molar-refractivity contribution is -0.143. The van der Waals surface area contributed by atoms with Crippen molar-refractivity contribution in [3.05, 3.63) is 34.1 Å². The van der Waals surface area contributed by atoms with Gasteiger partial charge >= 0.3 is 5.97 Å². The summed E-state index contributed by atoms with van der Waals surface area (Å²) in [7, 11) is 0. The molecule has 1 rings (SSSR count). The number of carboxylic acid groups (broad SMARTS) is 1. The lowest BCUT2D eigenvalue weighted by Crippen LogP contribution is -2.07. The summed E-state index contributed by atoms with van der Waals surface area (Å²) >= 11 is 2.99. The molecule has 1 atom stereocenters. The van der Waals surface area contributed by atoms with Gasteiger partial charge in [-0.05, 0) is 18.2 Å². The van der Waals surface area contributed by atoms with Gasteiger partial charge in [0.25, 0.3) is 0 Å². The summed E-state index contributed by atoms with van der Waals surface area (Å²) in [5.74, 6) is -2.56. The first-order valence-electron chi connectivity index (χ1n) is 3.34. The first-order chi connectivity index (χ1) is 6.02. The first-order valence-corrected chi connectivity index (χ1v) is 4.13. The van der Waals surface area contributed by atoms with Crippen molar-refractivity contribution in [2.24, 2.45) is 0 Å². The Hall–Kier alpha value is -0.970. The topological polar surface area (TPSA) is 37.3 Å². The molecule has 0 aliphatic heterocycles. The van der Waals surface area contributed by atoms with Crippen LogP contribution < -0.4 is 0 Å². The van der Waals surface area contributed by atoms with Gasteiger partial charge in [0.15, 0.2) is 0 Å². The molecule has 0 bridgehead atoms. The van der Waals surface area contributed by atoms with E-state index in [1.54, 1.807) is 0 Å². The molecular weight excluding hydrogens is 246 g/mol. The number of hydrogen-bond acceptors (Lipinski definition) is 1. The molecular formula is C8H5BrF2O2. The van der Waals surface area contributed by atoms with Gasteiger partial charge in [0.1, 0.15) is 5.82 Å². The second-order valence-corrected chi connectivity index (χ2v) is 3.28. The van der Waals surface area contributed by atoms with Gasteiger partial charge in [-0.3, -0.25) is 0 Å². The van der Waals surface area contributed by atoms with Crippen molar-refractivity contribution in [3.8, 4) is 0 Å². The monoisotopic (exact) mass is 250 g/mol. The predicted molar refractivity (Wildman–Crippen MR) is 45.6 cm³/mol. The summed E-state index contributed by atoms with van der Waals surface area (Å²) in [5, 5.41) is 8.29. The second-order valence-electron chi connectivity index (χ2n) is 2.37. The van der Waals surface area contributed by atoms with E-state index in [4.69, 9.17) is 5.11 Å². The zero-order chi connectivity index (χ0) is 10.0. The molecule has 0 aliphatic rings. The van der Waals surface area contributed by atoms with Gasteiger partial charge in [-0.1, -0.05) is 15.9 Å². The smallest absolute Gasteiger partial charge is 0.343 e. The minimum absolute atomic E-state index is 0.438. The summed E-state index contributed by atoms with van der Waals surface area (Å²) < 4.78 is 26.1. The number of alkyl halides is 1. The van der Waals surface area contributed by atoms with E-state index in [0.717, 1.165) is 12.1 Å². The third kappa shape index (κ3) is 2.24. The van der Waals surface area contributed by atoms with Crippen LogP contribution in [0.25, 0.3) is 0 Å². The van der Waals surface area contributed by atoms with Crippen molar-refractivity contribution in [1.29, 1.82) is 0 Å². The van der Waals surface area contributed by atoms with E-state index in [9.17, 15) is 13.6 Å². The maximum Gasteiger partial charge on any atom is 0.343 e. The molecule has 0 saturated heterocycles. The Morgan fingerprint density at radius 1 is 1.54 bits per heavy atom. The van der Waals surface area contributed by atoms with Crippen LogP contribution in [0.15, 0.2) is 22.7 Å². The fraction of sp³-hybridized carbons (Fsp3) is 0.125. The fourth-order valence-electron chi connectivity index (χ4n) is 0.842. The first kappa shape index (κ1) is 10.1. The van der Waals surface area contributed by atoms with E-state index in [-0.39, 0.29) is 0 Å². The van der Waals surface area contributed by atoms with Crippen LogP contribution >= 0.6 is 15.9 Å². The SMILES string of the molecule is O=C(O)C(F)c1cc(Br)ccc1F. The number of carboxylic acids is 1. The highest BCUT2D eigenvalue weighted by atomic mass is 79.9. The summed E-state index contributed by atoms with van der Waals surface area (Å²) in [6.07, 6.45) is -2.32. The van der Waals surface area contributed by atoms with Gasteiger partial charge in [-0.2, -0.15) is 0 Å². The molecule has 0 amide bonds. The van der Waals surface area contributed by atoms with Gasteiger partial charge in [0, 0.05) is 10.0 Å². The maximum absolute atomic E-state index is 12.9. The second kappa shape index (κ2) is 3.83. The Kier molecular flexibility index (Phi) is 2.98. The highest BCUT2D eigenvalue weighted by molar-refractivity contribution is 9.10. The van der Waals surface area contributed by atoms with Gasteiger partial charge < -0.3 is 5.11 Å². The Balaban J connectivity index is 3.12. The van der Waals surface area contributed by atoms with Crippen LogP contribution in [0.5, 0.6) is 0 Å². The van der Waals surface area contributed by atoms with Gasteiger partial charge in [-0.25, -0.2) is 13.6 Å². The summed E-state index contributed by atoms with van der Waals surface area (Å²) in [4.78, 5) is 10.2. The van der Waals surface area contributed by atoms with Crippen LogP contribution in [0.3, 0.4) is 0 Å². The zero-order valence-electron chi connectivity index (χ0n) is 6.30. The van der Waals surface area contributed by atoms with Crippen LogP contribution in [0.1, 0.15) is 11.7 Å². The van der Waals surface area contributed by atoms with Crippen molar-refractivity contribution >= 4 is 21.9 Å². The quantitative estimate of drug-likeness (QED) is 0.877. The van der Waals surface area contributed by atoms with Crippen molar-refractivity contribution in [3.63, 3.8) is 0 Å². The minimum Gasteiger partial charge on any atom is -0.479 e. The number of benzene rings is 1. The largest absolute Gasteiger partial charge is 0.479 e. The van der Waals surface area contributed by atoms with Crippen molar-refractivity contribution in [2.45, 2.75) is 6.17 Å². The highest BCUT2D eigenvalue weighted by Crippen LogP contribution is 2.24. The van der Waals surface area contributed by atoms with Crippen LogP contribution in [0, 0.1) is 5.82 Å². The Bertz CT molecular complexity index is 341. The standard InChI is InChI=1S/C8H5BrF2O2/c9-4-1-2-6(10)5(3-4)7(11)8(12)13/h1-3,7H,(H,12,13). The summed E-state index contributed by atoms with van der Waals surface area (Å²) in [5.41, 5.74) is -0.470. The molecule has 1 unspecified atom stereocenters. The van der Waals surface area contributed by atoms with Crippen LogP contribution in [-0.4, -0.2) is 11.1 Å². The third-order valence-electron chi connectivity index (χ3n) is 1.45. The molecule has 0 aromatic heterocycles. The molecule has 13 heavy (non-hydrogen) atoms. The molecule has 2 nitrogen and oxygen atoms in total. The molecule has 70 valence electrons. The maximum atomic E-state index is 12.9. The molecule has 1 aromatic rings. The molecule has 0 radical (unpaired) electrons. The number of rotatable bonds is 2. The van der Waals surface area contributed by atoms with Gasteiger partial charge in [-0.15, -0.1) is 0 Å². The van der Waals surface area contributed by atoms with E-state index < -0.39 is 23.5 Å². The molecule has 5 heteroatoms. The molecule has 1 aromatic carbocycles. The number of carbonyl (C=O) groups is 1. The van der Waals surface area contributed by atoms with Gasteiger partial charge in [0.05, 0.1) is 0 Å². The minimum atomic E-state index is -2.32. The molecule has 1 N–H and O–H groups in total. The summed E-state index contributed by atoms with van der Waals surface area (Å²) in [6.45, 7) is 0. The average Bonchev–Trinajstić information content (AvgIpc) is 2.08. The normalized spacial score (nSPS) is 12.5. The van der Waals surface area contributed by atoms with Crippen molar-refractivity contribution < 1.29 is 18.7 Å². The van der Waals surface area contributed by atoms with E-state index >= 15 is 0 Å². The Labute approximate surface area is 81.3 Å². The highest BCUT2D eigenvalue weighted by Gasteiger charge is 2.22. The lowest BCUT2D eigenvalue weighted by atomic mass is 10.1. The van der Waals surface area contributed by atoms with Crippen LogP contribution in [0.2, 0.25) is 0 Å². The van der Waals surface area contributed by atoms with E-state index in [2.05, 4.69) is 15.9 Å². The van der Waals surface area contributed by atoms with E-state index in [1.165, 1.54) is 6.07 Å². The number of aliphatic carboxylic acids is 1. The number of halogens is 3. The zero-order valence-corrected chi connectivity index (χ0v) is 7.88. The van der Waals surface area contributed by atoms with Crippen LogP contribution in [0.4, 0.5) is 8.78 Å². The van der Waals surface area contributed by atoms with Crippen LogP contribution in [-0.2, 0) is 4.79 Å². The molecule has 0 spiro atoms. The summed E-state index contributed by atoms with van der Waals surface area (Å²) in [6, 6.07) is 3.48. The van der Waals surface area contributed by atoms with E-state index in [1.807, 2.05) is 0 Å². The molecule has 0 fully saturated rings. The Morgan fingerprint density at radius 2 is 2.15 bits per heavy atom.